The molecule has 59 heavy (non-hydrogen) atoms. The van der Waals surface area contributed by atoms with Crippen LogP contribution in [0.5, 0.6) is 0 Å². The number of aryl methyl sites for hydroxylation is 4. The monoisotopic (exact) mass is 762 g/mol. The minimum Gasteiger partial charge on any atom is -0.310 e. The molecule has 8 aromatic rings. The van der Waals surface area contributed by atoms with E-state index in [9.17, 15) is 0 Å². The molecule has 2 aliphatic carbocycles. The molecular weight excluding hydrogens is 713 g/mol. The molecule has 2 nitrogen and oxygen atoms in total. The highest BCUT2D eigenvalue weighted by molar-refractivity contribution is 5.97. The first kappa shape index (κ1) is 36.7. The maximum absolute atomic E-state index is 2.50. The number of rotatable bonds is 10. The second-order valence-electron chi connectivity index (χ2n) is 16.1. The lowest BCUT2D eigenvalue weighted by molar-refractivity contribution is 0.793. The Kier molecular flexibility index (Phi) is 9.29. The molecule has 0 saturated carbocycles. The van der Waals surface area contributed by atoms with Crippen LogP contribution in [0.2, 0.25) is 0 Å². The molecule has 0 aromatic heterocycles. The molecule has 288 valence electrons. The summed E-state index contributed by atoms with van der Waals surface area (Å²) in [7, 11) is 0. The molecule has 2 heteroatoms. The zero-order valence-electron chi connectivity index (χ0n) is 34.5. The van der Waals surface area contributed by atoms with Crippen LogP contribution >= 0.6 is 0 Å². The van der Waals surface area contributed by atoms with Gasteiger partial charge in [0.25, 0.3) is 0 Å². The molecule has 2 aliphatic rings. The van der Waals surface area contributed by atoms with Crippen LogP contribution < -0.4 is 9.80 Å². The second-order valence-corrected chi connectivity index (χ2v) is 16.1. The fraction of sp³-hybridized carbons (Fsp3) is 0.158. The number of nitrogens with zero attached hydrogens (tertiary/aromatic N) is 2. The Morgan fingerprint density at radius 1 is 0.288 bits per heavy atom. The van der Waals surface area contributed by atoms with E-state index in [0.717, 1.165) is 59.8 Å². The van der Waals surface area contributed by atoms with Crippen molar-refractivity contribution in [2.24, 2.45) is 0 Å². The minimum absolute atomic E-state index is 0.516. The van der Waals surface area contributed by atoms with E-state index in [1.807, 2.05) is 0 Å². The predicted molar refractivity (Wildman–Crippen MR) is 250 cm³/mol. The molecule has 10 rings (SSSR count). The van der Waals surface area contributed by atoms with Crippen molar-refractivity contribution in [1.82, 2.24) is 0 Å². The van der Waals surface area contributed by atoms with E-state index in [1.165, 1.54) is 66.8 Å². The van der Waals surface area contributed by atoms with Crippen molar-refractivity contribution >= 4 is 34.1 Å². The average molecular weight is 763 g/mol. The summed E-state index contributed by atoms with van der Waals surface area (Å²) in [6, 6.07) is 69.1. The maximum atomic E-state index is 2.50. The van der Waals surface area contributed by atoms with Gasteiger partial charge in [-0.1, -0.05) is 137 Å². The smallest absolute Gasteiger partial charge is 0.0727 e. The van der Waals surface area contributed by atoms with Crippen molar-refractivity contribution in [3.63, 3.8) is 0 Å². The summed E-state index contributed by atoms with van der Waals surface area (Å²) in [4.78, 5) is 4.88. The molecule has 0 N–H and O–H groups in total. The van der Waals surface area contributed by atoms with E-state index < -0.39 is 5.41 Å². The summed E-state index contributed by atoms with van der Waals surface area (Å²) in [6.45, 7) is 8.89. The molecule has 0 saturated heterocycles. The van der Waals surface area contributed by atoms with Gasteiger partial charge in [-0.3, -0.25) is 0 Å². The first-order valence-electron chi connectivity index (χ1n) is 21.5. The van der Waals surface area contributed by atoms with Gasteiger partial charge in [-0.25, -0.2) is 0 Å². The molecule has 0 atom stereocenters. The summed E-state index contributed by atoms with van der Waals surface area (Å²) in [5.41, 5.74) is 22.3. The lowest BCUT2D eigenvalue weighted by Crippen LogP contribution is -2.26. The summed E-state index contributed by atoms with van der Waals surface area (Å²) in [6.07, 6.45) is 4.05. The van der Waals surface area contributed by atoms with Crippen molar-refractivity contribution in [2.45, 2.75) is 58.8 Å². The van der Waals surface area contributed by atoms with Gasteiger partial charge in [-0.15, -0.1) is 0 Å². The van der Waals surface area contributed by atoms with Crippen LogP contribution in [-0.2, 0) is 31.1 Å². The zero-order valence-corrected chi connectivity index (χ0v) is 34.5. The van der Waals surface area contributed by atoms with Crippen molar-refractivity contribution in [1.29, 1.82) is 0 Å². The normalized spacial score (nSPS) is 12.8. The maximum Gasteiger partial charge on any atom is 0.0727 e. The van der Waals surface area contributed by atoms with Crippen molar-refractivity contribution in [3.05, 3.63) is 226 Å². The number of hydrogen-bond donors (Lipinski definition) is 0. The minimum atomic E-state index is -0.516. The van der Waals surface area contributed by atoms with Gasteiger partial charge in [0, 0.05) is 34.1 Å². The van der Waals surface area contributed by atoms with E-state index >= 15 is 0 Å². The van der Waals surface area contributed by atoms with Crippen LogP contribution in [0.3, 0.4) is 0 Å². The third kappa shape index (κ3) is 5.92. The lowest BCUT2D eigenvalue weighted by Gasteiger charge is -2.33. The average Bonchev–Trinajstić information content (AvgIpc) is 3.77. The summed E-state index contributed by atoms with van der Waals surface area (Å²) in [5, 5.41) is 0. The quantitative estimate of drug-likeness (QED) is 0.137. The fourth-order valence-electron chi connectivity index (χ4n) is 9.81. The van der Waals surface area contributed by atoms with Crippen LogP contribution in [0.15, 0.2) is 182 Å². The van der Waals surface area contributed by atoms with Crippen molar-refractivity contribution < 1.29 is 0 Å². The standard InChI is InChI=1S/C57H50N2/c1-5-39-17-25-43(26-18-39)58(44-27-19-40(6-2)20-28-44)47-33-35-51-52-36-34-48(59(45-29-21-41(7-3)22-30-45)46-31-23-42(8-4)24-32-46)38-56(52)57(55(51)37-47)53-15-11-9-13-49(53)50-14-10-12-16-54(50)57/h9-38H,5-8H2,1-4H3. The topological polar surface area (TPSA) is 6.48 Å². The van der Waals surface area contributed by atoms with E-state index in [2.05, 4.69) is 219 Å². The van der Waals surface area contributed by atoms with Gasteiger partial charge in [-0.05, 0) is 165 Å². The van der Waals surface area contributed by atoms with Crippen LogP contribution in [0.1, 0.15) is 72.2 Å². The second kappa shape index (κ2) is 14.9. The Hall–Kier alpha value is -6.64. The molecular formula is C57H50N2. The van der Waals surface area contributed by atoms with Crippen LogP contribution in [0, 0.1) is 0 Å². The van der Waals surface area contributed by atoms with E-state index in [1.54, 1.807) is 0 Å². The number of anilines is 6. The third-order valence-electron chi connectivity index (χ3n) is 13.0. The van der Waals surface area contributed by atoms with Crippen LogP contribution in [0.4, 0.5) is 34.1 Å². The summed E-state index contributed by atoms with van der Waals surface area (Å²) < 4.78 is 0. The third-order valence-corrected chi connectivity index (χ3v) is 13.0. The Morgan fingerprint density at radius 3 is 0.864 bits per heavy atom. The van der Waals surface area contributed by atoms with Gasteiger partial charge >= 0.3 is 0 Å². The molecule has 0 aliphatic heterocycles. The number of fused-ring (bicyclic) bond motifs is 10. The van der Waals surface area contributed by atoms with Crippen molar-refractivity contribution in [2.75, 3.05) is 9.80 Å². The van der Waals surface area contributed by atoms with Crippen LogP contribution in [0.25, 0.3) is 22.3 Å². The molecule has 0 unspecified atom stereocenters. The zero-order chi connectivity index (χ0) is 40.1. The van der Waals surface area contributed by atoms with Gasteiger partial charge in [0.1, 0.15) is 0 Å². The number of benzene rings is 8. The fourth-order valence-corrected chi connectivity index (χ4v) is 9.81. The SMILES string of the molecule is CCc1ccc(N(c2ccc(CC)cc2)c2ccc3c(c2)C2(c4ccccc4-c4ccccc42)c2cc(N(c4ccc(CC)cc4)c4ccc(CC)cc4)ccc2-3)cc1. The Labute approximate surface area is 350 Å². The number of hydrogen-bond acceptors (Lipinski definition) is 2. The summed E-state index contributed by atoms with van der Waals surface area (Å²) >= 11 is 0. The first-order valence-corrected chi connectivity index (χ1v) is 21.5. The highest BCUT2D eigenvalue weighted by Crippen LogP contribution is 2.64. The van der Waals surface area contributed by atoms with Gasteiger partial charge in [0.15, 0.2) is 0 Å². The van der Waals surface area contributed by atoms with Gasteiger partial charge in [0.05, 0.1) is 5.41 Å². The molecule has 0 heterocycles. The first-order chi connectivity index (χ1) is 29.0. The summed E-state index contributed by atoms with van der Waals surface area (Å²) in [5.74, 6) is 0. The van der Waals surface area contributed by atoms with Gasteiger partial charge in [0.2, 0.25) is 0 Å². The molecule has 1 spiro atoms. The predicted octanol–water partition coefficient (Wildman–Crippen LogP) is 15.2. The van der Waals surface area contributed by atoms with E-state index in [-0.39, 0.29) is 0 Å². The molecule has 0 radical (unpaired) electrons. The van der Waals surface area contributed by atoms with Gasteiger partial charge in [-0.2, -0.15) is 0 Å². The highest BCUT2D eigenvalue weighted by Gasteiger charge is 2.52. The van der Waals surface area contributed by atoms with Crippen LogP contribution in [-0.4, -0.2) is 0 Å². The molecule has 0 bridgehead atoms. The van der Waals surface area contributed by atoms with E-state index in [0.29, 0.717) is 0 Å². The highest BCUT2D eigenvalue weighted by atomic mass is 15.1. The van der Waals surface area contributed by atoms with E-state index in [4.69, 9.17) is 0 Å². The lowest BCUT2D eigenvalue weighted by atomic mass is 9.70. The molecule has 0 fully saturated rings. The largest absolute Gasteiger partial charge is 0.310 e. The van der Waals surface area contributed by atoms with Crippen molar-refractivity contribution in [3.8, 4) is 22.3 Å². The molecule has 8 aromatic carbocycles. The molecule has 0 amide bonds. The Morgan fingerprint density at radius 2 is 0.559 bits per heavy atom. The Balaban J connectivity index is 1.22. The Bertz CT molecular complexity index is 2500. The van der Waals surface area contributed by atoms with Gasteiger partial charge < -0.3 is 9.80 Å².